The molecule has 196 valence electrons. The average molecular weight is 520 g/mol. The fourth-order valence-corrected chi connectivity index (χ4v) is 5.47. The minimum absolute atomic E-state index is 0.141. The molecule has 0 radical (unpaired) electrons. The van der Waals surface area contributed by atoms with Gasteiger partial charge in [0.1, 0.15) is 4.99 Å². The Morgan fingerprint density at radius 3 is 2.39 bits per heavy atom. The molecule has 8 heteroatoms. The maximum Gasteiger partial charge on any atom is 0.416 e. The van der Waals surface area contributed by atoms with Gasteiger partial charge in [0.15, 0.2) is 0 Å². The third-order valence-electron chi connectivity index (χ3n) is 7.38. The molecule has 0 amide bonds. The SMILES string of the molecule is CCc1ccccc1N1CCN(C(=S)COC2CCC(Nc3ccc(C)c(C(F)(F)F)c3)CC2)CC1. The number of halogens is 3. The summed E-state index contributed by atoms with van der Waals surface area (Å²) >= 11 is 5.69. The summed E-state index contributed by atoms with van der Waals surface area (Å²) in [5.74, 6) is 0. The Kier molecular flexibility index (Phi) is 8.78. The van der Waals surface area contributed by atoms with Crippen LogP contribution in [0.1, 0.15) is 49.3 Å². The van der Waals surface area contributed by atoms with Crippen LogP contribution in [-0.2, 0) is 17.3 Å². The highest BCUT2D eigenvalue weighted by Gasteiger charge is 2.33. The molecule has 0 bridgehead atoms. The lowest BCUT2D eigenvalue weighted by Gasteiger charge is -2.38. The summed E-state index contributed by atoms with van der Waals surface area (Å²) in [5, 5.41) is 3.29. The molecule has 1 aliphatic carbocycles. The molecular formula is C28H36F3N3OS. The zero-order valence-electron chi connectivity index (χ0n) is 21.1. The number of hydrogen-bond donors (Lipinski definition) is 1. The fraction of sp³-hybridized carbons (Fsp3) is 0.536. The fourth-order valence-electron chi connectivity index (χ4n) is 5.22. The molecule has 1 N–H and O–H groups in total. The number of para-hydroxylation sites is 1. The normalized spacial score (nSPS) is 20.9. The number of anilines is 2. The molecule has 1 heterocycles. The molecule has 0 unspecified atom stereocenters. The topological polar surface area (TPSA) is 27.7 Å². The van der Waals surface area contributed by atoms with Crippen LogP contribution < -0.4 is 10.2 Å². The first kappa shape index (κ1) is 26.7. The quantitative estimate of drug-likeness (QED) is 0.424. The van der Waals surface area contributed by atoms with Crippen molar-refractivity contribution in [3.8, 4) is 0 Å². The van der Waals surface area contributed by atoms with Gasteiger partial charge in [-0.1, -0.05) is 43.4 Å². The average Bonchev–Trinajstić information content (AvgIpc) is 2.88. The standard InChI is InChI=1S/C28H36F3N3OS/c1-3-21-6-4-5-7-26(21)33-14-16-34(17-15-33)27(36)19-35-24-12-10-22(11-13-24)32-23-9-8-20(2)25(18-23)28(29,30)31/h4-9,18,22,24,32H,3,10-17,19H2,1-2H3. The van der Waals surface area contributed by atoms with Gasteiger partial charge in [-0.2, -0.15) is 13.2 Å². The summed E-state index contributed by atoms with van der Waals surface area (Å²) in [4.78, 5) is 5.56. The van der Waals surface area contributed by atoms with Crippen molar-refractivity contribution in [2.45, 2.75) is 64.3 Å². The molecule has 1 saturated heterocycles. The van der Waals surface area contributed by atoms with Crippen molar-refractivity contribution < 1.29 is 17.9 Å². The van der Waals surface area contributed by atoms with Crippen LogP contribution in [0.25, 0.3) is 0 Å². The Hall–Kier alpha value is -2.32. The minimum Gasteiger partial charge on any atom is -0.382 e. The van der Waals surface area contributed by atoms with Crippen LogP contribution in [0.5, 0.6) is 0 Å². The van der Waals surface area contributed by atoms with E-state index in [9.17, 15) is 13.2 Å². The highest BCUT2D eigenvalue weighted by Crippen LogP contribution is 2.34. The van der Waals surface area contributed by atoms with Gasteiger partial charge in [-0.25, -0.2) is 0 Å². The molecule has 1 saturated carbocycles. The molecule has 2 aliphatic rings. The van der Waals surface area contributed by atoms with Crippen molar-refractivity contribution in [3.63, 3.8) is 0 Å². The molecule has 4 rings (SSSR count). The Balaban J connectivity index is 1.19. The van der Waals surface area contributed by atoms with E-state index >= 15 is 0 Å². The van der Waals surface area contributed by atoms with Crippen molar-refractivity contribution >= 4 is 28.6 Å². The van der Waals surface area contributed by atoms with E-state index < -0.39 is 11.7 Å². The number of benzene rings is 2. The maximum atomic E-state index is 13.2. The van der Waals surface area contributed by atoms with Crippen molar-refractivity contribution in [1.82, 2.24) is 4.90 Å². The molecule has 36 heavy (non-hydrogen) atoms. The van der Waals surface area contributed by atoms with Gasteiger partial charge < -0.3 is 19.9 Å². The van der Waals surface area contributed by atoms with Crippen LogP contribution in [0.4, 0.5) is 24.5 Å². The first-order valence-electron chi connectivity index (χ1n) is 12.9. The van der Waals surface area contributed by atoms with E-state index in [1.807, 2.05) is 0 Å². The summed E-state index contributed by atoms with van der Waals surface area (Å²) in [6, 6.07) is 13.2. The first-order valence-corrected chi connectivity index (χ1v) is 13.3. The van der Waals surface area contributed by atoms with Gasteiger partial charge in [0.2, 0.25) is 0 Å². The van der Waals surface area contributed by atoms with Crippen LogP contribution in [0, 0.1) is 6.92 Å². The largest absolute Gasteiger partial charge is 0.416 e. The summed E-state index contributed by atoms with van der Waals surface area (Å²) in [6.07, 6.45) is 0.310. The number of thiocarbonyl (C=S) groups is 1. The number of hydrogen-bond acceptors (Lipinski definition) is 4. The maximum absolute atomic E-state index is 13.2. The molecule has 2 fully saturated rings. The van der Waals surface area contributed by atoms with Gasteiger partial charge in [0.05, 0.1) is 18.3 Å². The van der Waals surface area contributed by atoms with Gasteiger partial charge in [-0.15, -0.1) is 0 Å². The lowest BCUT2D eigenvalue weighted by atomic mass is 9.92. The molecule has 0 spiro atoms. The second kappa shape index (κ2) is 11.8. The van der Waals surface area contributed by atoms with Crippen molar-refractivity contribution in [1.29, 1.82) is 0 Å². The zero-order valence-corrected chi connectivity index (χ0v) is 21.9. The summed E-state index contributed by atoms with van der Waals surface area (Å²) in [7, 11) is 0. The minimum atomic E-state index is -4.33. The van der Waals surface area contributed by atoms with E-state index in [-0.39, 0.29) is 17.7 Å². The Morgan fingerprint density at radius 1 is 1.03 bits per heavy atom. The van der Waals surface area contributed by atoms with Crippen molar-refractivity contribution in [2.24, 2.45) is 0 Å². The number of piperazine rings is 1. The smallest absolute Gasteiger partial charge is 0.382 e. The van der Waals surface area contributed by atoms with Gasteiger partial charge in [0, 0.05) is 43.6 Å². The van der Waals surface area contributed by atoms with Crippen molar-refractivity contribution in [2.75, 3.05) is 43.0 Å². The van der Waals surface area contributed by atoms with E-state index in [0.29, 0.717) is 12.3 Å². The Labute approximate surface area is 217 Å². The van der Waals surface area contributed by atoms with E-state index in [1.54, 1.807) is 6.07 Å². The molecule has 4 nitrogen and oxygen atoms in total. The monoisotopic (exact) mass is 519 g/mol. The predicted octanol–water partition coefficient (Wildman–Crippen LogP) is 6.47. The first-order chi connectivity index (χ1) is 17.2. The van der Waals surface area contributed by atoms with Crippen LogP contribution in [0.15, 0.2) is 42.5 Å². The number of alkyl halides is 3. The van der Waals surface area contributed by atoms with E-state index in [4.69, 9.17) is 17.0 Å². The number of nitrogens with zero attached hydrogens (tertiary/aromatic N) is 2. The number of rotatable bonds is 7. The summed E-state index contributed by atoms with van der Waals surface area (Å²) < 4.78 is 45.8. The van der Waals surface area contributed by atoms with E-state index in [2.05, 4.69) is 46.3 Å². The number of nitrogens with one attached hydrogen (secondary N) is 1. The van der Waals surface area contributed by atoms with E-state index in [1.165, 1.54) is 30.3 Å². The van der Waals surface area contributed by atoms with Crippen molar-refractivity contribution in [3.05, 3.63) is 59.2 Å². The highest BCUT2D eigenvalue weighted by molar-refractivity contribution is 7.80. The lowest BCUT2D eigenvalue weighted by molar-refractivity contribution is -0.138. The third kappa shape index (κ3) is 6.71. The molecule has 1 aliphatic heterocycles. The third-order valence-corrected chi connectivity index (χ3v) is 7.75. The molecule has 2 aromatic carbocycles. The van der Waals surface area contributed by atoms with Crippen LogP contribution in [-0.4, -0.2) is 54.8 Å². The highest BCUT2D eigenvalue weighted by atomic mass is 32.1. The van der Waals surface area contributed by atoms with Crippen LogP contribution >= 0.6 is 12.2 Å². The number of ether oxygens (including phenoxy) is 1. The molecule has 0 aromatic heterocycles. The van der Waals surface area contributed by atoms with Crippen LogP contribution in [0.3, 0.4) is 0 Å². The van der Waals surface area contributed by atoms with Crippen LogP contribution in [0.2, 0.25) is 0 Å². The Morgan fingerprint density at radius 2 is 1.72 bits per heavy atom. The molecular weight excluding hydrogens is 483 g/mol. The lowest BCUT2D eigenvalue weighted by Crippen LogP contribution is -2.49. The zero-order chi connectivity index (χ0) is 25.7. The Bertz CT molecular complexity index is 1030. The molecule has 2 aromatic rings. The second-order valence-corrected chi connectivity index (χ2v) is 10.3. The van der Waals surface area contributed by atoms with Gasteiger partial charge in [-0.3, -0.25) is 0 Å². The van der Waals surface area contributed by atoms with E-state index in [0.717, 1.165) is 63.3 Å². The van der Waals surface area contributed by atoms with Gasteiger partial charge in [-0.05, 0) is 68.4 Å². The molecule has 0 atom stereocenters. The summed E-state index contributed by atoms with van der Waals surface area (Å²) in [6.45, 7) is 7.82. The summed E-state index contributed by atoms with van der Waals surface area (Å²) in [5.41, 5.74) is 2.90. The number of aryl methyl sites for hydroxylation is 2. The second-order valence-electron chi connectivity index (χ2n) is 9.81. The predicted molar refractivity (Wildman–Crippen MR) is 144 cm³/mol. The van der Waals surface area contributed by atoms with Gasteiger partial charge in [0.25, 0.3) is 0 Å². The van der Waals surface area contributed by atoms with Gasteiger partial charge >= 0.3 is 6.18 Å².